The van der Waals surface area contributed by atoms with Gasteiger partial charge in [-0.25, -0.2) is 4.39 Å². The summed E-state index contributed by atoms with van der Waals surface area (Å²) < 4.78 is 18.8. The second-order valence-corrected chi connectivity index (χ2v) is 4.77. The predicted molar refractivity (Wildman–Crippen MR) is 76.9 cm³/mol. The lowest BCUT2D eigenvalue weighted by Crippen LogP contribution is -2.12. The van der Waals surface area contributed by atoms with Crippen LogP contribution in [0.2, 0.25) is 0 Å². The first-order valence-corrected chi connectivity index (χ1v) is 6.44. The van der Waals surface area contributed by atoms with Gasteiger partial charge in [-0.3, -0.25) is 4.79 Å². The minimum Gasteiger partial charge on any atom is -0.482 e. The second-order valence-electron chi connectivity index (χ2n) is 4.77. The largest absolute Gasteiger partial charge is 0.482 e. The van der Waals surface area contributed by atoms with E-state index in [1.165, 1.54) is 12.1 Å². The topological polar surface area (TPSA) is 50.1 Å². The molecule has 0 bridgehead atoms. The summed E-state index contributed by atoms with van der Waals surface area (Å²) >= 11 is 0. The number of nitriles is 1. The van der Waals surface area contributed by atoms with E-state index in [0.29, 0.717) is 5.56 Å². The molecule has 0 aromatic heterocycles. The van der Waals surface area contributed by atoms with Crippen LogP contribution in [0.15, 0.2) is 36.4 Å². The number of carbonyl (C=O) groups excluding carboxylic acids is 1. The number of aryl methyl sites for hydroxylation is 2. The molecule has 3 nitrogen and oxygen atoms in total. The quantitative estimate of drug-likeness (QED) is 0.806. The second kappa shape index (κ2) is 6.19. The van der Waals surface area contributed by atoms with Crippen LogP contribution >= 0.6 is 0 Å². The molecule has 0 unspecified atom stereocenters. The van der Waals surface area contributed by atoms with Crippen molar-refractivity contribution >= 4 is 5.78 Å². The third-order valence-corrected chi connectivity index (χ3v) is 3.25. The molecule has 0 radical (unpaired) electrons. The van der Waals surface area contributed by atoms with E-state index in [9.17, 15) is 9.18 Å². The van der Waals surface area contributed by atoms with Crippen LogP contribution in [0, 0.1) is 31.0 Å². The van der Waals surface area contributed by atoms with Crippen LogP contribution in [-0.2, 0) is 0 Å². The van der Waals surface area contributed by atoms with Gasteiger partial charge in [-0.05, 0) is 49.2 Å². The zero-order chi connectivity index (χ0) is 15.4. The van der Waals surface area contributed by atoms with Crippen molar-refractivity contribution in [3.63, 3.8) is 0 Å². The van der Waals surface area contributed by atoms with Crippen LogP contribution in [-0.4, -0.2) is 12.4 Å². The van der Waals surface area contributed by atoms with Gasteiger partial charge >= 0.3 is 0 Å². The fourth-order valence-corrected chi connectivity index (χ4v) is 1.83. The normalized spacial score (nSPS) is 10.0. The first-order valence-electron chi connectivity index (χ1n) is 6.44. The lowest BCUT2D eigenvalue weighted by Gasteiger charge is -2.08. The van der Waals surface area contributed by atoms with E-state index in [4.69, 9.17) is 10.00 Å². The molecular formula is C17H14FNO2. The van der Waals surface area contributed by atoms with Gasteiger partial charge in [0.2, 0.25) is 0 Å². The maximum absolute atomic E-state index is 13.6. The van der Waals surface area contributed by atoms with Crippen molar-refractivity contribution < 1.29 is 13.9 Å². The molecular weight excluding hydrogens is 269 g/mol. The number of hydrogen-bond acceptors (Lipinski definition) is 3. The summed E-state index contributed by atoms with van der Waals surface area (Å²) in [7, 11) is 0. The van der Waals surface area contributed by atoms with Gasteiger partial charge in [-0.15, -0.1) is 0 Å². The van der Waals surface area contributed by atoms with Gasteiger partial charge < -0.3 is 4.74 Å². The highest BCUT2D eigenvalue weighted by Gasteiger charge is 2.10. The van der Waals surface area contributed by atoms with Crippen molar-refractivity contribution in [2.45, 2.75) is 13.8 Å². The summed E-state index contributed by atoms with van der Waals surface area (Å²) in [5.41, 5.74) is 2.86. The molecule has 21 heavy (non-hydrogen) atoms. The Balaban J connectivity index is 2.07. The first-order chi connectivity index (χ1) is 10.0. The van der Waals surface area contributed by atoms with Crippen molar-refractivity contribution in [1.82, 2.24) is 0 Å². The highest BCUT2D eigenvalue weighted by molar-refractivity contribution is 5.97. The Morgan fingerprint density at radius 3 is 2.57 bits per heavy atom. The number of halogens is 1. The van der Waals surface area contributed by atoms with Gasteiger partial charge in [0.15, 0.2) is 24.0 Å². The number of Topliss-reactive ketones (excluding diaryl/α,β-unsaturated/α-hetero) is 1. The van der Waals surface area contributed by atoms with Crippen molar-refractivity contribution in [3.8, 4) is 11.8 Å². The Bertz CT molecular complexity index is 732. The monoisotopic (exact) mass is 283 g/mol. The summed E-state index contributed by atoms with van der Waals surface area (Å²) in [5, 5.41) is 8.66. The maximum Gasteiger partial charge on any atom is 0.200 e. The molecule has 0 saturated heterocycles. The maximum atomic E-state index is 13.6. The summed E-state index contributed by atoms with van der Waals surface area (Å²) in [5.74, 6) is -0.907. The number of benzene rings is 2. The van der Waals surface area contributed by atoms with Crippen LogP contribution in [0.25, 0.3) is 0 Å². The van der Waals surface area contributed by atoms with Crippen molar-refractivity contribution in [2.75, 3.05) is 6.61 Å². The van der Waals surface area contributed by atoms with Gasteiger partial charge in [-0.2, -0.15) is 5.26 Å². The lowest BCUT2D eigenvalue weighted by molar-refractivity contribution is 0.0918. The third-order valence-electron chi connectivity index (χ3n) is 3.25. The molecule has 0 aliphatic heterocycles. The molecule has 2 rings (SSSR count). The molecule has 106 valence electrons. The van der Waals surface area contributed by atoms with Gasteiger partial charge in [0.1, 0.15) is 0 Å². The highest BCUT2D eigenvalue weighted by Crippen LogP contribution is 2.18. The number of hydrogen-bond donors (Lipinski definition) is 0. The van der Waals surface area contributed by atoms with E-state index in [-0.39, 0.29) is 23.7 Å². The Kier molecular flexibility index (Phi) is 4.34. The van der Waals surface area contributed by atoms with Crippen molar-refractivity contribution in [2.24, 2.45) is 0 Å². The number of ketones is 1. The standard InChI is InChI=1S/C17H14FNO2/c1-11-3-5-14(7-12(11)2)16(20)10-21-17-6-4-13(9-19)8-15(17)18/h3-8H,10H2,1-2H3. The summed E-state index contributed by atoms with van der Waals surface area (Å²) in [6.45, 7) is 3.64. The Morgan fingerprint density at radius 2 is 1.95 bits per heavy atom. The van der Waals surface area contributed by atoms with E-state index < -0.39 is 5.82 Å². The minimum atomic E-state index is -0.651. The van der Waals surface area contributed by atoms with Gasteiger partial charge in [0.25, 0.3) is 0 Å². The Labute approximate surface area is 122 Å². The van der Waals surface area contributed by atoms with E-state index in [1.807, 2.05) is 26.0 Å². The highest BCUT2D eigenvalue weighted by atomic mass is 19.1. The van der Waals surface area contributed by atoms with Crippen molar-refractivity contribution in [3.05, 3.63) is 64.5 Å². The first kappa shape index (κ1) is 14.7. The molecule has 0 amide bonds. The fraction of sp³-hybridized carbons (Fsp3) is 0.176. The molecule has 0 N–H and O–H groups in total. The van der Waals surface area contributed by atoms with E-state index in [0.717, 1.165) is 17.2 Å². The predicted octanol–water partition coefficient (Wildman–Crippen LogP) is 3.58. The van der Waals surface area contributed by atoms with Gasteiger partial charge in [0.05, 0.1) is 11.6 Å². The van der Waals surface area contributed by atoms with Crippen LogP contribution < -0.4 is 4.74 Å². The molecule has 0 aliphatic carbocycles. The van der Waals surface area contributed by atoms with Crippen LogP contribution in [0.3, 0.4) is 0 Å². The average molecular weight is 283 g/mol. The molecule has 0 heterocycles. The van der Waals surface area contributed by atoms with Crippen LogP contribution in [0.4, 0.5) is 4.39 Å². The smallest absolute Gasteiger partial charge is 0.200 e. The van der Waals surface area contributed by atoms with Gasteiger partial charge in [-0.1, -0.05) is 12.1 Å². The van der Waals surface area contributed by atoms with E-state index in [2.05, 4.69) is 0 Å². The molecule has 2 aromatic rings. The molecule has 0 fully saturated rings. The summed E-state index contributed by atoms with van der Waals surface area (Å²) in [6.07, 6.45) is 0. The number of ether oxygens (including phenoxy) is 1. The van der Waals surface area contributed by atoms with E-state index >= 15 is 0 Å². The fourth-order valence-electron chi connectivity index (χ4n) is 1.83. The average Bonchev–Trinajstić information content (AvgIpc) is 2.48. The minimum absolute atomic E-state index is 0.0359. The summed E-state index contributed by atoms with van der Waals surface area (Å²) in [4.78, 5) is 12.0. The third kappa shape index (κ3) is 3.46. The zero-order valence-corrected chi connectivity index (χ0v) is 11.8. The van der Waals surface area contributed by atoms with Gasteiger partial charge in [0, 0.05) is 5.56 Å². The number of carbonyl (C=O) groups is 1. The number of nitrogens with zero attached hydrogens (tertiary/aromatic N) is 1. The zero-order valence-electron chi connectivity index (χ0n) is 11.8. The summed E-state index contributed by atoms with van der Waals surface area (Å²) in [6, 6.07) is 11.1. The SMILES string of the molecule is Cc1ccc(C(=O)COc2ccc(C#N)cc2F)cc1C. The van der Waals surface area contributed by atoms with Crippen LogP contribution in [0.1, 0.15) is 27.0 Å². The van der Waals surface area contributed by atoms with E-state index in [1.54, 1.807) is 12.1 Å². The molecule has 4 heteroatoms. The van der Waals surface area contributed by atoms with Crippen LogP contribution in [0.5, 0.6) is 5.75 Å². The Morgan fingerprint density at radius 1 is 1.19 bits per heavy atom. The molecule has 0 spiro atoms. The molecule has 0 atom stereocenters. The molecule has 0 saturated carbocycles. The molecule has 2 aromatic carbocycles. The Hall–Kier alpha value is -2.67. The van der Waals surface area contributed by atoms with Crippen molar-refractivity contribution in [1.29, 1.82) is 5.26 Å². The molecule has 0 aliphatic rings. The lowest BCUT2D eigenvalue weighted by atomic mass is 10.0. The number of rotatable bonds is 4.